The van der Waals surface area contributed by atoms with Gasteiger partial charge in [-0.25, -0.2) is 9.59 Å². The average Bonchev–Trinajstić information content (AvgIpc) is 2.83. The Labute approximate surface area is 197 Å². The van der Waals surface area contributed by atoms with E-state index in [4.69, 9.17) is 29.8 Å². The summed E-state index contributed by atoms with van der Waals surface area (Å²) in [7, 11) is 0. The van der Waals surface area contributed by atoms with Gasteiger partial charge in [0.15, 0.2) is 12.4 Å². The van der Waals surface area contributed by atoms with E-state index < -0.39 is 18.5 Å². The molecule has 0 aliphatic carbocycles. The normalized spacial score (nSPS) is 10.5. The molecule has 0 bridgehead atoms. The number of nitrogens with two attached hydrogens (primary N) is 1. The van der Waals surface area contributed by atoms with Crippen LogP contribution in [-0.4, -0.2) is 55.8 Å². The van der Waals surface area contributed by atoms with Crippen molar-refractivity contribution < 1.29 is 38.4 Å². The highest BCUT2D eigenvalue weighted by atomic mass is 16.5. The maximum atomic E-state index is 12.9. The topological polar surface area (TPSA) is 134 Å². The highest BCUT2D eigenvalue weighted by molar-refractivity contribution is 6.09. The van der Waals surface area contributed by atoms with Crippen molar-refractivity contribution in [2.24, 2.45) is 5.73 Å². The van der Waals surface area contributed by atoms with Gasteiger partial charge in [0, 0.05) is 6.54 Å². The van der Waals surface area contributed by atoms with Crippen LogP contribution in [0, 0.1) is 0 Å². The van der Waals surface area contributed by atoms with Gasteiger partial charge >= 0.3 is 11.9 Å². The van der Waals surface area contributed by atoms with E-state index in [9.17, 15) is 14.4 Å². The van der Waals surface area contributed by atoms with Crippen molar-refractivity contribution in [3.63, 3.8) is 0 Å². The van der Waals surface area contributed by atoms with Crippen LogP contribution >= 0.6 is 0 Å². The molecule has 0 aromatic heterocycles. The fourth-order valence-corrected chi connectivity index (χ4v) is 2.79. The first-order valence-corrected chi connectivity index (χ1v) is 10.5. The number of hydrogen-bond acceptors (Lipinski definition) is 8. The van der Waals surface area contributed by atoms with Gasteiger partial charge in [0.25, 0.3) is 0 Å². The van der Waals surface area contributed by atoms with Crippen molar-refractivity contribution in [1.82, 2.24) is 0 Å². The Morgan fingerprint density at radius 1 is 1.03 bits per heavy atom. The lowest BCUT2D eigenvalue weighted by molar-refractivity contribution is -0.139. The maximum absolute atomic E-state index is 12.9. The molecule has 0 saturated heterocycles. The third kappa shape index (κ3) is 7.79. The number of rotatable bonds is 14. The van der Waals surface area contributed by atoms with Gasteiger partial charge in [-0.1, -0.05) is 24.8 Å². The first kappa shape index (κ1) is 26.1. The quantitative estimate of drug-likeness (QED) is 0.185. The number of hydrogen-bond donors (Lipinski definition) is 2. The summed E-state index contributed by atoms with van der Waals surface area (Å²) in [5.74, 6) is -1.32. The number of allylic oxidation sites excluding steroid dienone is 1. The molecular formula is C25H27NO8. The molecule has 0 radical (unpaired) electrons. The lowest BCUT2D eigenvalue weighted by Gasteiger charge is -2.11. The van der Waals surface area contributed by atoms with E-state index in [1.165, 1.54) is 24.3 Å². The number of carboxylic acids is 1. The van der Waals surface area contributed by atoms with Crippen molar-refractivity contribution in [1.29, 1.82) is 0 Å². The first-order chi connectivity index (χ1) is 16.4. The third-order valence-corrected chi connectivity index (χ3v) is 4.24. The van der Waals surface area contributed by atoms with Crippen molar-refractivity contribution in [2.75, 3.05) is 33.0 Å². The number of esters is 1. The van der Waals surface area contributed by atoms with Crippen LogP contribution in [0.5, 0.6) is 17.2 Å². The zero-order chi connectivity index (χ0) is 24.9. The van der Waals surface area contributed by atoms with Crippen LogP contribution in [0.3, 0.4) is 0 Å². The molecular weight excluding hydrogens is 442 g/mol. The summed E-state index contributed by atoms with van der Waals surface area (Å²) in [6.45, 7) is 5.61. The van der Waals surface area contributed by atoms with Gasteiger partial charge < -0.3 is 29.8 Å². The number of benzene rings is 2. The Morgan fingerprint density at radius 2 is 1.76 bits per heavy atom. The molecule has 2 aromatic rings. The van der Waals surface area contributed by atoms with Gasteiger partial charge in [-0.05, 0) is 48.9 Å². The summed E-state index contributed by atoms with van der Waals surface area (Å²) in [6.07, 6.45) is 4.40. The monoisotopic (exact) mass is 469 g/mol. The summed E-state index contributed by atoms with van der Waals surface area (Å²) in [5.41, 5.74) is 6.30. The van der Waals surface area contributed by atoms with E-state index in [1.807, 2.05) is 0 Å². The molecule has 0 aliphatic rings. The van der Waals surface area contributed by atoms with Crippen LogP contribution in [-0.2, 0) is 9.53 Å². The van der Waals surface area contributed by atoms with Crippen LogP contribution in [0.1, 0.15) is 33.2 Å². The summed E-state index contributed by atoms with van der Waals surface area (Å²) in [6, 6.07) is 9.35. The molecule has 0 spiro atoms. The molecule has 9 nitrogen and oxygen atoms in total. The largest absolute Gasteiger partial charge is 0.492 e. The number of carboxylic acid groups (broad SMARTS) is 1. The minimum atomic E-state index is -1.18. The third-order valence-electron chi connectivity index (χ3n) is 4.24. The van der Waals surface area contributed by atoms with Crippen LogP contribution in [0.4, 0.5) is 0 Å². The molecule has 2 aromatic carbocycles. The van der Waals surface area contributed by atoms with E-state index >= 15 is 0 Å². The average molecular weight is 469 g/mol. The molecule has 0 saturated carbocycles. The summed E-state index contributed by atoms with van der Waals surface area (Å²) in [5, 5.41) is 8.84. The standard InChI is InChI=1S/C25H27NO8/c1-3-12-33-22-10-7-18(32-13-11-26)15-19(22)21(27)8-5-17-6-9-23(34-16-24(28)29)20(14-17)25(30)31-4-2/h3,5-10,14-15H,1,4,11-13,16,26H2,2H3,(H,28,29). The van der Waals surface area contributed by atoms with E-state index in [-0.39, 0.29) is 35.9 Å². The molecule has 2 rings (SSSR count). The van der Waals surface area contributed by atoms with Crippen LogP contribution in [0.15, 0.2) is 55.1 Å². The van der Waals surface area contributed by atoms with Crippen molar-refractivity contribution in [2.45, 2.75) is 6.92 Å². The number of ketones is 1. The highest BCUT2D eigenvalue weighted by Gasteiger charge is 2.16. The lowest BCUT2D eigenvalue weighted by atomic mass is 10.1. The summed E-state index contributed by atoms with van der Waals surface area (Å²) in [4.78, 5) is 36.1. The van der Waals surface area contributed by atoms with Crippen LogP contribution < -0.4 is 19.9 Å². The zero-order valence-corrected chi connectivity index (χ0v) is 18.8. The Balaban J connectivity index is 2.33. The van der Waals surface area contributed by atoms with E-state index in [0.717, 1.165) is 0 Å². The number of carbonyl (C=O) groups excluding carboxylic acids is 2. The Kier molecular flexibility index (Phi) is 10.3. The van der Waals surface area contributed by atoms with Gasteiger partial charge in [-0.3, -0.25) is 4.79 Å². The second-order valence-electron chi connectivity index (χ2n) is 6.75. The molecule has 9 heteroatoms. The van der Waals surface area contributed by atoms with Gasteiger partial charge in [0.05, 0.1) is 12.2 Å². The smallest absolute Gasteiger partial charge is 0.341 e. The van der Waals surface area contributed by atoms with E-state index in [1.54, 1.807) is 37.3 Å². The maximum Gasteiger partial charge on any atom is 0.341 e. The molecule has 0 heterocycles. The molecule has 0 amide bonds. The fraction of sp³-hybridized carbons (Fsp3) is 0.240. The molecule has 0 aliphatic heterocycles. The van der Waals surface area contributed by atoms with E-state index in [2.05, 4.69) is 6.58 Å². The molecule has 0 atom stereocenters. The molecule has 0 fully saturated rings. The predicted molar refractivity (Wildman–Crippen MR) is 126 cm³/mol. The second-order valence-corrected chi connectivity index (χ2v) is 6.75. The first-order valence-electron chi connectivity index (χ1n) is 10.5. The minimum Gasteiger partial charge on any atom is -0.492 e. The number of ether oxygens (including phenoxy) is 4. The highest BCUT2D eigenvalue weighted by Crippen LogP contribution is 2.26. The van der Waals surface area contributed by atoms with Crippen LogP contribution in [0.25, 0.3) is 6.08 Å². The van der Waals surface area contributed by atoms with Crippen molar-refractivity contribution in [3.8, 4) is 17.2 Å². The SMILES string of the molecule is C=CCOc1ccc(OCCN)cc1C(=O)C=Cc1ccc(OCC(=O)O)c(C(=O)OCC)c1. The Hall–Kier alpha value is -4.11. The zero-order valence-electron chi connectivity index (χ0n) is 18.8. The summed E-state index contributed by atoms with van der Waals surface area (Å²) >= 11 is 0. The molecule has 34 heavy (non-hydrogen) atoms. The Bertz CT molecular complexity index is 1060. The van der Waals surface area contributed by atoms with Gasteiger partial charge in [-0.15, -0.1) is 0 Å². The molecule has 180 valence electrons. The Morgan fingerprint density at radius 3 is 2.44 bits per heavy atom. The summed E-state index contributed by atoms with van der Waals surface area (Å²) < 4.78 is 21.3. The molecule has 3 N–H and O–H groups in total. The minimum absolute atomic E-state index is 0.0462. The van der Waals surface area contributed by atoms with Crippen molar-refractivity contribution >= 4 is 23.8 Å². The second kappa shape index (κ2) is 13.4. The van der Waals surface area contributed by atoms with Crippen molar-refractivity contribution in [3.05, 3.63) is 71.8 Å². The van der Waals surface area contributed by atoms with Gasteiger partial charge in [0.1, 0.15) is 36.0 Å². The van der Waals surface area contributed by atoms with Gasteiger partial charge in [0.2, 0.25) is 0 Å². The lowest BCUT2D eigenvalue weighted by Crippen LogP contribution is -2.13. The number of carbonyl (C=O) groups is 3. The fourth-order valence-electron chi connectivity index (χ4n) is 2.79. The van der Waals surface area contributed by atoms with Gasteiger partial charge in [-0.2, -0.15) is 0 Å². The predicted octanol–water partition coefficient (Wildman–Crippen LogP) is 3.13. The van der Waals surface area contributed by atoms with Crippen LogP contribution in [0.2, 0.25) is 0 Å². The van der Waals surface area contributed by atoms with E-state index in [0.29, 0.717) is 30.2 Å². The number of aliphatic carboxylic acids is 1. The molecule has 0 unspecified atom stereocenters.